The molecule has 5 rings (SSSR count). The zero-order chi connectivity index (χ0) is 28.6. The molecule has 0 saturated carbocycles. The van der Waals surface area contributed by atoms with Gasteiger partial charge in [-0.05, 0) is 53.9 Å². The topological polar surface area (TPSA) is 128 Å². The Hall–Kier alpha value is -4.16. The number of carboxylic acid groups (broad SMARTS) is 1. The van der Waals surface area contributed by atoms with E-state index in [4.69, 9.17) is 21.4 Å². The molecule has 2 aromatic carbocycles. The van der Waals surface area contributed by atoms with Crippen LogP contribution in [-0.4, -0.2) is 60.2 Å². The minimum atomic E-state index is -1.16. The van der Waals surface area contributed by atoms with E-state index in [9.17, 15) is 23.6 Å². The summed E-state index contributed by atoms with van der Waals surface area (Å²) in [5, 5.41) is 16.5. The van der Waals surface area contributed by atoms with E-state index in [1.54, 1.807) is 23.6 Å². The molecule has 1 spiro atoms. The van der Waals surface area contributed by atoms with Gasteiger partial charge in [0.15, 0.2) is 5.60 Å². The maximum Gasteiger partial charge on any atom is 0.412 e. The fourth-order valence-electron chi connectivity index (χ4n) is 4.91. The highest BCUT2D eigenvalue weighted by molar-refractivity contribution is 7.09. The molecule has 10 nitrogen and oxygen atoms in total. The molecule has 1 saturated heterocycles. The Balaban J connectivity index is 1.38. The van der Waals surface area contributed by atoms with Crippen LogP contribution in [0.25, 0.3) is 0 Å². The fraction of sp³-hybridized carbons (Fsp3) is 0.259. The third-order valence-electron chi connectivity index (χ3n) is 7.03. The highest BCUT2D eigenvalue weighted by Gasteiger charge is 2.49. The second-order valence-electron chi connectivity index (χ2n) is 9.52. The first-order valence-corrected chi connectivity index (χ1v) is 13.5. The van der Waals surface area contributed by atoms with Gasteiger partial charge in [-0.2, -0.15) is 0 Å². The number of rotatable bonds is 6. The first-order valence-electron chi connectivity index (χ1n) is 12.2. The first kappa shape index (κ1) is 27.4. The third kappa shape index (κ3) is 5.32. The average Bonchev–Trinajstić information content (AvgIpc) is 3.54. The molecule has 13 heteroatoms. The standard InChI is InChI=1S/C27H24ClFN4O6S/c1-32(26(37)38)17-5-2-15(3-6-17)23(34)30-21(13-22-19(29)8-11-40-22)24(35)33-10-9-27(14-33)18-12-16(28)4-7-20(18)31-25(36)39-27/h2-8,11-12,21H,9-10,13-14H2,1H3,(H,30,34)(H,31,36)(H,37,38)/t21-,27?/m0/s1. The summed E-state index contributed by atoms with van der Waals surface area (Å²) < 4.78 is 20.1. The van der Waals surface area contributed by atoms with Crippen LogP contribution in [0.2, 0.25) is 5.02 Å². The van der Waals surface area contributed by atoms with Gasteiger partial charge in [-0.3, -0.25) is 19.8 Å². The van der Waals surface area contributed by atoms with Crippen LogP contribution in [0.3, 0.4) is 0 Å². The van der Waals surface area contributed by atoms with E-state index in [-0.39, 0.29) is 25.1 Å². The number of halogens is 2. The van der Waals surface area contributed by atoms with Crippen LogP contribution < -0.4 is 15.5 Å². The lowest BCUT2D eigenvalue weighted by molar-refractivity contribution is -0.133. The Morgan fingerprint density at radius 1 is 1.25 bits per heavy atom. The Bertz CT molecular complexity index is 1500. The van der Waals surface area contributed by atoms with E-state index in [0.717, 1.165) is 16.2 Å². The molecular formula is C27H24ClFN4O6S. The maximum atomic E-state index is 14.4. The lowest BCUT2D eigenvalue weighted by Crippen LogP contribution is -2.50. The highest BCUT2D eigenvalue weighted by atomic mass is 35.5. The van der Waals surface area contributed by atoms with Crippen molar-refractivity contribution in [3.8, 4) is 0 Å². The molecule has 0 bridgehead atoms. The number of benzene rings is 2. The van der Waals surface area contributed by atoms with Crippen molar-refractivity contribution in [3.63, 3.8) is 0 Å². The molecule has 2 atom stereocenters. The lowest BCUT2D eigenvalue weighted by Gasteiger charge is -2.35. The predicted molar refractivity (Wildman–Crippen MR) is 147 cm³/mol. The van der Waals surface area contributed by atoms with Crippen LogP contribution in [0.15, 0.2) is 53.9 Å². The van der Waals surface area contributed by atoms with Gasteiger partial charge >= 0.3 is 12.2 Å². The fourth-order valence-corrected chi connectivity index (χ4v) is 5.88. The SMILES string of the molecule is CN(C(=O)O)c1ccc(C(=O)N[C@@H](Cc2sccc2F)C(=O)N2CCC3(C2)OC(=O)Nc2ccc(Cl)cc23)cc1. The molecule has 3 N–H and O–H groups in total. The molecule has 3 heterocycles. The Kier molecular flexibility index (Phi) is 7.39. The van der Waals surface area contributed by atoms with Crippen molar-refractivity contribution in [2.75, 3.05) is 30.4 Å². The summed E-state index contributed by atoms with van der Waals surface area (Å²) in [5.74, 6) is -1.52. The second kappa shape index (κ2) is 10.8. The number of nitrogens with zero attached hydrogens (tertiary/aromatic N) is 2. The van der Waals surface area contributed by atoms with Crippen LogP contribution in [0.5, 0.6) is 0 Å². The summed E-state index contributed by atoms with van der Waals surface area (Å²) in [6.45, 7) is 0.260. The minimum Gasteiger partial charge on any atom is -0.465 e. The molecule has 3 aromatic rings. The van der Waals surface area contributed by atoms with Gasteiger partial charge in [0.05, 0.1) is 12.2 Å². The zero-order valence-electron chi connectivity index (χ0n) is 21.1. The molecule has 208 valence electrons. The number of anilines is 2. The quantitative estimate of drug-likeness (QED) is 0.385. The number of carbonyl (C=O) groups is 4. The molecular weight excluding hydrogens is 563 g/mol. The van der Waals surface area contributed by atoms with E-state index in [1.807, 2.05) is 0 Å². The van der Waals surface area contributed by atoms with Crippen molar-refractivity contribution in [1.82, 2.24) is 10.2 Å². The molecule has 2 aliphatic rings. The van der Waals surface area contributed by atoms with E-state index < -0.39 is 41.5 Å². The number of hydrogen-bond acceptors (Lipinski definition) is 6. The lowest BCUT2D eigenvalue weighted by atomic mass is 9.90. The van der Waals surface area contributed by atoms with E-state index in [0.29, 0.717) is 33.3 Å². The molecule has 0 radical (unpaired) electrons. The Morgan fingerprint density at radius 3 is 2.67 bits per heavy atom. The maximum absolute atomic E-state index is 14.4. The molecule has 0 aliphatic carbocycles. The van der Waals surface area contributed by atoms with Gasteiger partial charge < -0.3 is 20.1 Å². The van der Waals surface area contributed by atoms with Gasteiger partial charge in [0, 0.05) is 53.1 Å². The van der Waals surface area contributed by atoms with Crippen LogP contribution in [-0.2, 0) is 21.6 Å². The number of fused-ring (bicyclic) bond motifs is 2. The van der Waals surface area contributed by atoms with E-state index in [1.165, 1.54) is 42.3 Å². The van der Waals surface area contributed by atoms with Gasteiger partial charge in [-0.25, -0.2) is 14.0 Å². The summed E-state index contributed by atoms with van der Waals surface area (Å²) in [7, 11) is 1.37. The van der Waals surface area contributed by atoms with Gasteiger partial charge in [0.2, 0.25) is 5.91 Å². The number of hydrogen-bond donors (Lipinski definition) is 3. The number of nitrogens with one attached hydrogen (secondary N) is 2. The van der Waals surface area contributed by atoms with Gasteiger partial charge in [-0.1, -0.05) is 11.6 Å². The van der Waals surface area contributed by atoms with Crippen LogP contribution in [0.4, 0.5) is 25.4 Å². The van der Waals surface area contributed by atoms with Gasteiger partial charge in [-0.15, -0.1) is 11.3 Å². The number of carbonyl (C=O) groups excluding carboxylic acids is 3. The largest absolute Gasteiger partial charge is 0.465 e. The summed E-state index contributed by atoms with van der Waals surface area (Å²) in [6.07, 6.45) is -1.58. The van der Waals surface area contributed by atoms with Gasteiger partial charge in [0.1, 0.15) is 11.9 Å². The minimum absolute atomic E-state index is 0.0299. The molecule has 4 amide bonds. The summed E-state index contributed by atoms with van der Waals surface area (Å²) in [4.78, 5) is 53.3. The monoisotopic (exact) mass is 586 g/mol. The predicted octanol–water partition coefficient (Wildman–Crippen LogP) is 4.69. The van der Waals surface area contributed by atoms with Crippen molar-refractivity contribution in [1.29, 1.82) is 0 Å². The van der Waals surface area contributed by atoms with Crippen LogP contribution >= 0.6 is 22.9 Å². The zero-order valence-corrected chi connectivity index (χ0v) is 22.7. The highest BCUT2D eigenvalue weighted by Crippen LogP contribution is 2.44. The summed E-state index contributed by atoms with van der Waals surface area (Å²) >= 11 is 7.35. The molecule has 40 heavy (non-hydrogen) atoms. The van der Waals surface area contributed by atoms with Crippen molar-refractivity contribution in [2.24, 2.45) is 0 Å². The summed E-state index contributed by atoms with van der Waals surface area (Å²) in [5.41, 5.74) is 0.619. The molecule has 1 aromatic heterocycles. The van der Waals surface area contributed by atoms with Gasteiger partial charge in [0.25, 0.3) is 5.91 Å². The number of amides is 4. The number of ether oxygens (including phenoxy) is 1. The number of thiophene rings is 1. The molecule has 2 aliphatic heterocycles. The van der Waals surface area contributed by atoms with E-state index in [2.05, 4.69) is 10.6 Å². The molecule has 1 fully saturated rings. The number of likely N-dealkylation sites (tertiary alicyclic amines) is 1. The third-order valence-corrected chi connectivity index (χ3v) is 8.18. The average molecular weight is 587 g/mol. The smallest absolute Gasteiger partial charge is 0.412 e. The van der Waals surface area contributed by atoms with Crippen LogP contribution in [0.1, 0.15) is 27.2 Å². The van der Waals surface area contributed by atoms with Crippen molar-refractivity contribution < 1.29 is 33.4 Å². The molecule has 1 unspecified atom stereocenters. The normalized spacial score (nSPS) is 18.5. The van der Waals surface area contributed by atoms with Crippen molar-refractivity contribution in [2.45, 2.75) is 24.5 Å². The summed E-state index contributed by atoms with van der Waals surface area (Å²) in [6, 6.07) is 11.0. The van der Waals surface area contributed by atoms with E-state index >= 15 is 0 Å². The Morgan fingerprint density at radius 2 is 2.00 bits per heavy atom. The first-order chi connectivity index (χ1) is 19.1. The van der Waals surface area contributed by atoms with Crippen molar-refractivity contribution in [3.05, 3.63) is 80.8 Å². The Labute approximate surface area is 237 Å². The van der Waals surface area contributed by atoms with Crippen molar-refractivity contribution >= 4 is 58.3 Å². The van der Waals surface area contributed by atoms with Crippen LogP contribution in [0, 0.1) is 5.82 Å². The second-order valence-corrected chi connectivity index (χ2v) is 11.0.